The number of hydrogen-bond donors (Lipinski definition) is 6. The highest BCUT2D eigenvalue weighted by Gasteiger charge is 2.26. The summed E-state index contributed by atoms with van der Waals surface area (Å²) in [5.41, 5.74) is -0.622. The molecule has 1 aromatic carbocycles. The van der Waals surface area contributed by atoms with Gasteiger partial charge in [-0.05, 0) is 40.8 Å². The van der Waals surface area contributed by atoms with Crippen LogP contribution in [0.4, 0.5) is 0 Å². The van der Waals surface area contributed by atoms with Crippen LogP contribution in [0.5, 0.6) is 17.2 Å². The van der Waals surface area contributed by atoms with Crippen molar-refractivity contribution in [1.82, 2.24) is 0 Å². The number of benzene rings is 1. The Balaban J connectivity index is 3.96. The van der Waals surface area contributed by atoms with Crippen molar-refractivity contribution < 1.29 is 30.6 Å². The van der Waals surface area contributed by atoms with Crippen molar-refractivity contribution in [2.24, 2.45) is 0 Å². The summed E-state index contributed by atoms with van der Waals surface area (Å²) in [6.45, 7) is 5.71. The predicted octanol–water partition coefficient (Wildman–Crippen LogP) is 1.91. The molecule has 1 rings (SSSR count). The highest BCUT2D eigenvalue weighted by molar-refractivity contribution is 9.11. The fourth-order valence-electron chi connectivity index (χ4n) is 2.01. The van der Waals surface area contributed by atoms with Gasteiger partial charge < -0.3 is 30.6 Å². The van der Waals surface area contributed by atoms with Crippen molar-refractivity contribution in [3.8, 4) is 17.2 Å². The molecule has 2 radical (unpaired) electrons. The monoisotopic (exact) mass is 382 g/mol. The van der Waals surface area contributed by atoms with Crippen molar-refractivity contribution in [2.75, 3.05) is 6.61 Å². The summed E-state index contributed by atoms with van der Waals surface area (Å²) in [4.78, 5) is 0. The third kappa shape index (κ3) is 3.33. The first-order valence-corrected chi connectivity index (χ1v) is 7.16. The minimum atomic E-state index is -0.706. The minimum absolute atomic E-state index is 0.00321. The SMILES string of the molecule is [B]c1c(O)c(O)c(C)c(C(=C(\C)CO)/C(O)=C(/O)C(=C)Br)c1O. The van der Waals surface area contributed by atoms with Crippen LogP contribution in [-0.4, -0.2) is 45.1 Å². The third-order valence-corrected chi connectivity index (χ3v) is 3.71. The predicted molar refractivity (Wildman–Crippen MR) is 91.6 cm³/mol. The van der Waals surface area contributed by atoms with Gasteiger partial charge in [0.2, 0.25) is 0 Å². The van der Waals surface area contributed by atoms with Crippen molar-refractivity contribution in [3.05, 3.63) is 39.3 Å². The summed E-state index contributed by atoms with van der Waals surface area (Å²) in [5.74, 6) is -3.23. The molecule has 23 heavy (non-hydrogen) atoms. The Kier molecular flexibility index (Phi) is 5.79. The Morgan fingerprint density at radius 3 is 2.04 bits per heavy atom. The fourth-order valence-corrected chi connectivity index (χ4v) is 2.20. The molecule has 6 N–H and O–H groups in total. The van der Waals surface area contributed by atoms with E-state index < -0.39 is 40.8 Å². The lowest BCUT2D eigenvalue weighted by atomic mass is 9.84. The van der Waals surface area contributed by atoms with E-state index in [2.05, 4.69) is 22.5 Å². The van der Waals surface area contributed by atoms with E-state index in [1.165, 1.54) is 13.8 Å². The van der Waals surface area contributed by atoms with Gasteiger partial charge in [-0.25, -0.2) is 0 Å². The van der Waals surface area contributed by atoms with Crippen molar-refractivity contribution in [3.63, 3.8) is 0 Å². The van der Waals surface area contributed by atoms with Gasteiger partial charge >= 0.3 is 0 Å². The number of rotatable bonds is 4. The van der Waals surface area contributed by atoms with Gasteiger partial charge in [0.05, 0.1) is 11.1 Å². The Bertz CT molecular complexity index is 707. The van der Waals surface area contributed by atoms with E-state index in [1.54, 1.807) is 0 Å². The average Bonchev–Trinajstić information content (AvgIpc) is 2.52. The summed E-state index contributed by atoms with van der Waals surface area (Å²) in [7, 11) is 5.54. The summed E-state index contributed by atoms with van der Waals surface area (Å²) >= 11 is 2.91. The van der Waals surface area contributed by atoms with E-state index in [-0.39, 0.29) is 26.8 Å². The fraction of sp³-hybridized carbons (Fsp3) is 0.200. The molecule has 0 unspecified atom stereocenters. The molecule has 6 nitrogen and oxygen atoms in total. The molecule has 1 aromatic rings. The van der Waals surface area contributed by atoms with Crippen LogP contribution in [0.1, 0.15) is 18.1 Å². The van der Waals surface area contributed by atoms with Crippen LogP contribution in [0.15, 0.2) is 28.2 Å². The molecular formula is C15H16BBrO6. The molecule has 0 aromatic heterocycles. The van der Waals surface area contributed by atoms with Crippen LogP contribution >= 0.6 is 15.9 Å². The maximum atomic E-state index is 10.3. The largest absolute Gasteiger partial charge is 0.508 e. The van der Waals surface area contributed by atoms with Crippen molar-refractivity contribution in [2.45, 2.75) is 13.8 Å². The van der Waals surface area contributed by atoms with E-state index in [0.29, 0.717) is 0 Å². The van der Waals surface area contributed by atoms with Gasteiger partial charge in [-0.1, -0.05) is 6.58 Å². The number of aliphatic hydroxyl groups excluding tert-OH is 3. The van der Waals surface area contributed by atoms with E-state index in [4.69, 9.17) is 7.85 Å². The van der Waals surface area contributed by atoms with Crippen molar-refractivity contribution in [1.29, 1.82) is 0 Å². The lowest BCUT2D eigenvalue weighted by Crippen LogP contribution is -2.11. The summed E-state index contributed by atoms with van der Waals surface area (Å²) in [6.07, 6.45) is 0. The lowest BCUT2D eigenvalue weighted by Gasteiger charge is -2.19. The quantitative estimate of drug-likeness (QED) is 0.155. The van der Waals surface area contributed by atoms with Gasteiger partial charge in [-0.15, -0.1) is 0 Å². The lowest BCUT2D eigenvalue weighted by molar-refractivity contribution is 0.328. The normalized spacial score (nSPS) is 13.4. The molecule has 0 saturated heterocycles. The summed E-state index contributed by atoms with van der Waals surface area (Å²) < 4.78 is -0.0358. The third-order valence-electron chi connectivity index (χ3n) is 3.33. The average molecular weight is 383 g/mol. The van der Waals surface area contributed by atoms with Gasteiger partial charge in [-0.3, -0.25) is 0 Å². The molecule has 0 atom stereocenters. The number of aromatic hydroxyl groups is 3. The Labute approximate surface area is 142 Å². The van der Waals surface area contributed by atoms with Crippen LogP contribution < -0.4 is 5.46 Å². The first-order valence-electron chi connectivity index (χ1n) is 6.37. The van der Waals surface area contributed by atoms with Gasteiger partial charge in [0.1, 0.15) is 13.6 Å². The van der Waals surface area contributed by atoms with Crippen LogP contribution in [0, 0.1) is 6.92 Å². The maximum absolute atomic E-state index is 10.3. The van der Waals surface area contributed by atoms with Crippen LogP contribution in [-0.2, 0) is 0 Å². The minimum Gasteiger partial charge on any atom is -0.508 e. The number of allylic oxidation sites excluding steroid dienone is 2. The molecule has 0 heterocycles. The second-order valence-electron chi connectivity index (χ2n) is 4.88. The van der Waals surface area contributed by atoms with Gasteiger partial charge in [0.25, 0.3) is 0 Å². The number of aliphatic hydroxyl groups is 3. The molecule has 0 aliphatic rings. The Morgan fingerprint density at radius 2 is 1.61 bits per heavy atom. The highest BCUT2D eigenvalue weighted by Crippen LogP contribution is 2.42. The first-order chi connectivity index (χ1) is 10.6. The smallest absolute Gasteiger partial charge is 0.172 e. The van der Waals surface area contributed by atoms with E-state index in [1.807, 2.05) is 0 Å². The zero-order valence-corrected chi connectivity index (χ0v) is 14.1. The molecule has 0 spiro atoms. The Hall–Kier alpha value is -2.06. The molecule has 0 amide bonds. The van der Waals surface area contributed by atoms with Crippen LogP contribution in [0.3, 0.4) is 0 Å². The molecule has 8 heteroatoms. The Morgan fingerprint density at radius 1 is 1.09 bits per heavy atom. The van der Waals surface area contributed by atoms with Crippen LogP contribution in [0.25, 0.3) is 5.57 Å². The number of halogens is 1. The molecule has 0 aliphatic heterocycles. The molecule has 0 aliphatic carbocycles. The molecular weight excluding hydrogens is 367 g/mol. The topological polar surface area (TPSA) is 121 Å². The molecule has 122 valence electrons. The second-order valence-corrected chi connectivity index (χ2v) is 5.83. The number of hydrogen-bond acceptors (Lipinski definition) is 6. The van der Waals surface area contributed by atoms with E-state index in [0.717, 1.165) is 0 Å². The number of phenols is 3. The maximum Gasteiger partial charge on any atom is 0.172 e. The molecule has 0 bridgehead atoms. The highest BCUT2D eigenvalue weighted by atomic mass is 79.9. The van der Waals surface area contributed by atoms with Crippen molar-refractivity contribution >= 4 is 34.8 Å². The standard InChI is InChI=1S/C15H16BBrO6/c1-5(4-18)8(14(22)12(20)7(3)17)9-6(2)11(19)15(23)10(16)13(9)21/h18-23H,3-4H2,1-2H3/b8-5-,14-12-. The van der Waals surface area contributed by atoms with E-state index in [9.17, 15) is 30.6 Å². The second kappa shape index (κ2) is 7.01. The zero-order valence-electron chi connectivity index (χ0n) is 12.6. The number of phenolic OH excluding ortho intramolecular Hbond substituents is 3. The van der Waals surface area contributed by atoms with Gasteiger partial charge in [0, 0.05) is 16.7 Å². The molecule has 0 fully saturated rings. The van der Waals surface area contributed by atoms with Crippen LogP contribution in [0.2, 0.25) is 0 Å². The van der Waals surface area contributed by atoms with Gasteiger partial charge in [0.15, 0.2) is 23.0 Å². The van der Waals surface area contributed by atoms with E-state index >= 15 is 0 Å². The van der Waals surface area contributed by atoms with Gasteiger partial charge in [-0.2, -0.15) is 0 Å². The summed E-state index contributed by atoms with van der Waals surface area (Å²) in [6, 6.07) is 0. The first kappa shape index (κ1) is 19.0. The molecule has 0 saturated carbocycles. The zero-order chi connectivity index (χ0) is 18.1. The summed E-state index contributed by atoms with van der Waals surface area (Å²) in [5, 5.41) is 59.3.